The standard InChI is InChI=1S/C15H25N3O2S/c1-3-7-16-15-17-10-13(21-15)11-18-8-5-12(6-9-18)14(19)20-4-2/h10,12H,3-9,11H2,1-2H3,(H,16,17). The van der Waals surface area contributed by atoms with Crippen molar-refractivity contribution in [3.05, 3.63) is 11.1 Å². The Morgan fingerprint density at radius 2 is 2.24 bits per heavy atom. The molecule has 0 amide bonds. The van der Waals surface area contributed by atoms with E-state index >= 15 is 0 Å². The summed E-state index contributed by atoms with van der Waals surface area (Å²) in [5, 5.41) is 4.32. The van der Waals surface area contributed by atoms with Crippen molar-refractivity contribution < 1.29 is 9.53 Å². The number of piperidine rings is 1. The van der Waals surface area contributed by atoms with E-state index in [0.29, 0.717) is 6.61 Å². The van der Waals surface area contributed by atoms with Crippen molar-refractivity contribution in [3.63, 3.8) is 0 Å². The van der Waals surface area contributed by atoms with Crippen LogP contribution >= 0.6 is 11.3 Å². The van der Waals surface area contributed by atoms with Gasteiger partial charge in [-0.1, -0.05) is 6.92 Å². The van der Waals surface area contributed by atoms with E-state index in [1.807, 2.05) is 13.1 Å². The minimum Gasteiger partial charge on any atom is -0.466 e. The smallest absolute Gasteiger partial charge is 0.309 e. The van der Waals surface area contributed by atoms with Gasteiger partial charge in [-0.3, -0.25) is 9.69 Å². The molecule has 0 radical (unpaired) electrons. The van der Waals surface area contributed by atoms with Crippen LogP contribution in [0.2, 0.25) is 0 Å². The molecule has 5 nitrogen and oxygen atoms in total. The molecule has 0 atom stereocenters. The molecule has 1 aliphatic heterocycles. The topological polar surface area (TPSA) is 54.5 Å². The largest absolute Gasteiger partial charge is 0.466 e. The number of likely N-dealkylation sites (tertiary alicyclic amines) is 1. The lowest BCUT2D eigenvalue weighted by Gasteiger charge is -2.30. The van der Waals surface area contributed by atoms with Crippen molar-refractivity contribution in [3.8, 4) is 0 Å². The first-order chi connectivity index (χ1) is 10.2. The van der Waals surface area contributed by atoms with Gasteiger partial charge in [-0.05, 0) is 39.3 Å². The van der Waals surface area contributed by atoms with Gasteiger partial charge in [0.1, 0.15) is 0 Å². The summed E-state index contributed by atoms with van der Waals surface area (Å²) in [7, 11) is 0. The van der Waals surface area contributed by atoms with E-state index in [1.165, 1.54) is 4.88 Å². The zero-order valence-electron chi connectivity index (χ0n) is 12.9. The summed E-state index contributed by atoms with van der Waals surface area (Å²) in [5.74, 6) is 0.0606. The number of nitrogens with zero attached hydrogens (tertiary/aromatic N) is 2. The number of nitrogens with one attached hydrogen (secondary N) is 1. The summed E-state index contributed by atoms with van der Waals surface area (Å²) < 4.78 is 5.10. The molecule has 1 aliphatic rings. The fourth-order valence-corrected chi connectivity index (χ4v) is 3.38. The van der Waals surface area contributed by atoms with Gasteiger partial charge in [-0.25, -0.2) is 4.98 Å². The normalized spacial score (nSPS) is 16.9. The second-order valence-corrected chi connectivity index (χ2v) is 6.48. The third-order valence-electron chi connectivity index (χ3n) is 3.67. The first-order valence-corrected chi connectivity index (χ1v) is 8.62. The Morgan fingerprint density at radius 3 is 2.90 bits per heavy atom. The van der Waals surface area contributed by atoms with Gasteiger partial charge in [0, 0.05) is 24.2 Å². The maximum absolute atomic E-state index is 11.7. The van der Waals surface area contributed by atoms with Crippen molar-refractivity contribution in [1.82, 2.24) is 9.88 Å². The summed E-state index contributed by atoms with van der Waals surface area (Å²) in [6, 6.07) is 0. The number of carbonyl (C=O) groups is 1. The second-order valence-electron chi connectivity index (χ2n) is 5.36. The average molecular weight is 311 g/mol. The van der Waals surface area contributed by atoms with E-state index in [2.05, 4.69) is 22.1 Å². The molecular weight excluding hydrogens is 286 g/mol. The van der Waals surface area contributed by atoms with Gasteiger partial charge >= 0.3 is 5.97 Å². The van der Waals surface area contributed by atoms with Crippen LogP contribution in [0.3, 0.4) is 0 Å². The van der Waals surface area contributed by atoms with Crippen molar-refractivity contribution in [2.45, 2.75) is 39.7 Å². The molecule has 0 spiro atoms. The molecule has 2 rings (SSSR count). The van der Waals surface area contributed by atoms with Crippen LogP contribution in [0.1, 0.15) is 38.0 Å². The van der Waals surface area contributed by atoms with Crippen LogP contribution < -0.4 is 5.32 Å². The maximum atomic E-state index is 11.7. The summed E-state index contributed by atoms with van der Waals surface area (Å²) in [4.78, 5) is 19.8. The number of rotatable bonds is 7. The lowest BCUT2D eigenvalue weighted by atomic mass is 9.97. The van der Waals surface area contributed by atoms with Crippen molar-refractivity contribution in [1.29, 1.82) is 0 Å². The van der Waals surface area contributed by atoms with Gasteiger partial charge in [0.2, 0.25) is 0 Å². The van der Waals surface area contributed by atoms with Crippen molar-refractivity contribution >= 4 is 22.4 Å². The molecule has 0 saturated carbocycles. The Balaban J connectivity index is 1.75. The molecule has 1 saturated heterocycles. The second kappa shape index (κ2) is 8.34. The molecule has 0 aromatic carbocycles. The van der Waals surface area contributed by atoms with E-state index in [-0.39, 0.29) is 11.9 Å². The van der Waals surface area contributed by atoms with Crippen LogP contribution in [0.4, 0.5) is 5.13 Å². The Kier molecular flexibility index (Phi) is 6.45. The zero-order chi connectivity index (χ0) is 15.1. The highest BCUT2D eigenvalue weighted by Crippen LogP contribution is 2.24. The Labute approximate surface area is 130 Å². The number of hydrogen-bond acceptors (Lipinski definition) is 6. The van der Waals surface area contributed by atoms with Crippen molar-refractivity contribution in [2.24, 2.45) is 5.92 Å². The first kappa shape index (κ1) is 16.2. The van der Waals surface area contributed by atoms with Gasteiger partial charge in [0.15, 0.2) is 5.13 Å². The summed E-state index contributed by atoms with van der Waals surface area (Å²) in [6.07, 6.45) is 4.87. The fraction of sp³-hybridized carbons (Fsp3) is 0.733. The zero-order valence-corrected chi connectivity index (χ0v) is 13.7. The van der Waals surface area contributed by atoms with E-state index in [1.54, 1.807) is 11.3 Å². The predicted octanol–water partition coefficient (Wildman–Crippen LogP) is 2.74. The van der Waals surface area contributed by atoms with Gasteiger partial charge in [-0.15, -0.1) is 11.3 Å². The van der Waals surface area contributed by atoms with Gasteiger partial charge in [0.05, 0.1) is 12.5 Å². The average Bonchev–Trinajstić information content (AvgIpc) is 2.93. The lowest BCUT2D eigenvalue weighted by molar-refractivity contribution is -0.149. The number of hydrogen-bond donors (Lipinski definition) is 1. The Hall–Kier alpha value is -1.14. The predicted molar refractivity (Wildman–Crippen MR) is 85.5 cm³/mol. The van der Waals surface area contributed by atoms with Crippen LogP contribution in [-0.4, -0.2) is 42.1 Å². The number of thiazole rings is 1. The van der Waals surface area contributed by atoms with Gasteiger partial charge in [-0.2, -0.15) is 0 Å². The summed E-state index contributed by atoms with van der Waals surface area (Å²) in [5.41, 5.74) is 0. The molecule has 118 valence electrons. The molecular formula is C15H25N3O2S. The number of aromatic nitrogens is 1. The number of carbonyl (C=O) groups excluding carboxylic acids is 1. The lowest BCUT2D eigenvalue weighted by Crippen LogP contribution is -2.36. The van der Waals surface area contributed by atoms with Gasteiger partial charge in [0.25, 0.3) is 0 Å². The Bertz CT molecular complexity index is 442. The SMILES string of the molecule is CCCNc1ncc(CN2CCC(C(=O)OCC)CC2)s1. The molecule has 0 unspecified atom stereocenters. The third-order valence-corrected chi connectivity index (χ3v) is 4.61. The van der Waals surface area contributed by atoms with E-state index in [9.17, 15) is 4.79 Å². The van der Waals surface area contributed by atoms with Crippen LogP contribution in [0, 0.1) is 5.92 Å². The van der Waals surface area contributed by atoms with E-state index in [0.717, 1.165) is 50.6 Å². The molecule has 21 heavy (non-hydrogen) atoms. The molecule has 2 heterocycles. The Morgan fingerprint density at radius 1 is 1.48 bits per heavy atom. The number of esters is 1. The number of ether oxygens (including phenoxy) is 1. The van der Waals surface area contributed by atoms with E-state index in [4.69, 9.17) is 4.74 Å². The third kappa shape index (κ3) is 4.97. The summed E-state index contributed by atoms with van der Waals surface area (Å²) >= 11 is 1.73. The molecule has 6 heteroatoms. The van der Waals surface area contributed by atoms with Crippen LogP contribution in [0.15, 0.2) is 6.20 Å². The van der Waals surface area contributed by atoms with Gasteiger partial charge < -0.3 is 10.1 Å². The van der Waals surface area contributed by atoms with Crippen LogP contribution in [0.5, 0.6) is 0 Å². The highest BCUT2D eigenvalue weighted by Gasteiger charge is 2.26. The highest BCUT2D eigenvalue weighted by molar-refractivity contribution is 7.15. The molecule has 1 aromatic rings. The first-order valence-electron chi connectivity index (χ1n) is 7.80. The van der Waals surface area contributed by atoms with Crippen LogP contribution in [-0.2, 0) is 16.1 Å². The minimum atomic E-state index is -0.0269. The fourth-order valence-electron chi connectivity index (χ4n) is 2.50. The molecule has 1 aromatic heterocycles. The maximum Gasteiger partial charge on any atom is 0.309 e. The molecule has 1 N–H and O–H groups in total. The van der Waals surface area contributed by atoms with Crippen LogP contribution in [0.25, 0.3) is 0 Å². The number of anilines is 1. The quantitative estimate of drug-likeness (QED) is 0.785. The van der Waals surface area contributed by atoms with Crippen molar-refractivity contribution in [2.75, 3.05) is 31.6 Å². The van der Waals surface area contributed by atoms with E-state index < -0.39 is 0 Å². The molecule has 0 aliphatic carbocycles. The summed E-state index contributed by atoms with van der Waals surface area (Å²) in [6.45, 7) is 8.31. The molecule has 1 fully saturated rings. The monoisotopic (exact) mass is 311 g/mol. The minimum absolute atomic E-state index is 0.0269. The molecule has 0 bridgehead atoms. The highest BCUT2D eigenvalue weighted by atomic mass is 32.1.